The van der Waals surface area contributed by atoms with Crippen molar-refractivity contribution in [2.45, 2.75) is 12.5 Å². The van der Waals surface area contributed by atoms with E-state index in [0.717, 1.165) is 18.7 Å². The quantitative estimate of drug-likeness (QED) is 0.787. The molecule has 0 spiro atoms. The second-order valence-corrected chi connectivity index (χ2v) is 7.36. The fourth-order valence-electron chi connectivity index (χ4n) is 3.57. The predicted octanol–water partition coefficient (Wildman–Crippen LogP) is 3.49. The zero-order valence-corrected chi connectivity index (χ0v) is 16.1. The van der Waals surface area contributed by atoms with Crippen molar-refractivity contribution in [2.24, 2.45) is 5.10 Å². The van der Waals surface area contributed by atoms with Gasteiger partial charge in [0.15, 0.2) is 0 Å². The van der Waals surface area contributed by atoms with Gasteiger partial charge in [0.25, 0.3) is 5.91 Å². The SMILES string of the molecule is O=C(CN1CCOCC1)N1N=C(c2ccccc2F)CC1c1ccc(Cl)cc1. The van der Waals surface area contributed by atoms with Gasteiger partial charge in [-0.2, -0.15) is 5.10 Å². The van der Waals surface area contributed by atoms with E-state index in [1.54, 1.807) is 30.3 Å². The minimum Gasteiger partial charge on any atom is -0.379 e. The van der Waals surface area contributed by atoms with Gasteiger partial charge in [0.1, 0.15) is 5.82 Å². The Bertz CT molecular complexity index is 881. The second kappa shape index (κ2) is 8.39. The molecule has 1 amide bonds. The summed E-state index contributed by atoms with van der Waals surface area (Å²) in [6.45, 7) is 2.95. The van der Waals surface area contributed by atoms with E-state index >= 15 is 0 Å². The number of ether oxygens (including phenoxy) is 1. The maximum absolute atomic E-state index is 14.3. The summed E-state index contributed by atoms with van der Waals surface area (Å²) in [4.78, 5) is 15.1. The van der Waals surface area contributed by atoms with Gasteiger partial charge in [-0.05, 0) is 23.8 Å². The molecule has 146 valence electrons. The van der Waals surface area contributed by atoms with Gasteiger partial charge in [-0.3, -0.25) is 9.69 Å². The summed E-state index contributed by atoms with van der Waals surface area (Å²) in [5, 5.41) is 6.66. The monoisotopic (exact) mass is 401 g/mol. The molecule has 0 aromatic heterocycles. The van der Waals surface area contributed by atoms with E-state index in [4.69, 9.17) is 16.3 Å². The number of benzene rings is 2. The molecular weight excluding hydrogens is 381 g/mol. The summed E-state index contributed by atoms with van der Waals surface area (Å²) in [7, 11) is 0. The summed E-state index contributed by atoms with van der Waals surface area (Å²) in [6, 6.07) is 13.6. The van der Waals surface area contributed by atoms with E-state index in [1.165, 1.54) is 11.1 Å². The lowest BCUT2D eigenvalue weighted by Gasteiger charge is -2.29. The molecular formula is C21H21ClFN3O2. The van der Waals surface area contributed by atoms with Crippen LogP contribution in [0.3, 0.4) is 0 Å². The zero-order chi connectivity index (χ0) is 19.5. The van der Waals surface area contributed by atoms with Gasteiger partial charge in [-0.15, -0.1) is 0 Å². The minimum absolute atomic E-state index is 0.104. The summed E-state index contributed by atoms with van der Waals surface area (Å²) >= 11 is 6.01. The summed E-state index contributed by atoms with van der Waals surface area (Å²) in [5.74, 6) is -0.438. The molecule has 0 bridgehead atoms. The van der Waals surface area contributed by atoms with E-state index in [1.807, 2.05) is 12.1 Å². The first kappa shape index (κ1) is 19.1. The normalized spacial score (nSPS) is 20.3. The molecule has 0 saturated carbocycles. The first-order valence-corrected chi connectivity index (χ1v) is 9.69. The number of nitrogens with zero attached hydrogens (tertiary/aromatic N) is 3. The van der Waals surface area contributed by atoms with E-state index in [0.29, 0.717) is 35.9 Å². The van der Waals surface area contributed by atoms with Crippen molar-refractivity contribution in [3.05, 3.63) is 70.5 Å². The Morgan fingerprint density at radius 1 is 1.14 bits per heavy atom. The fourth-order valence-corrected chi connectivity index (χ4v) is 3.69. The number of carbonyl (C=O) groups is 1. The molecule has 1 saturated heterocycles. The number of morpholine rings is 1. The summed E-state index contributed by atoms with van der Waals surface area (Å²) in [6.07, 6.45) is 0.456. The Balaban J connectivity index is 1.62. The number of halogens is 2. The average Bonchev–Trinajstić information content (AvgIpc) is 3.15. The van der Waals surface area contributed by atoms with Crippen molar-refractivity contribution in [1.82, 2.24) is 9.91 Å². The lowest BCUT2D eigenvalue weighted by Crippen LogP contribution is -2.43. The molecule has 0 radical (unpaired) electrons. The predicted molar refractivity (Wildman–Crippen MR) is 106 cm³/mol. The summed E-state index contributed by atoms with van der Waals surface area (Å²) in [5.41, 5.74) is 1.94. The Kier molecular flexibility index (Phi) is 5.71. The van der Waals surface area contributed by atoms with Crippen molar-refractivity contribution in [3.8, 4) is 0 Å². The molecule has 4 rings (SSSR count). The van der Waals surface area contributed by atoms with E-state index in [2.05, 4.69) is 10.0 Å². The number of carbonyl (C=O) groups excluding carboxylic acids is 1. The van der Waals surface area contributed by atoms with Gasteiger partial charge < -0.3 is 4.74 Å². The van der Waals surface area contributed by atoms with Crippen LogP contribution >= 0.6 is 11.6 Å². The van der Waals surface area contributed by atoms with Crippen molar-refractivity contribution in [2.75, 3.05) is 32.8 Å². The van der Waals surface area contributed by atoms with Crippen LogP contribution in [0.15, 0.2) is 53.6 Å². The Labute approximate surface area is 168 Å². The molecule has 7 heteroatoms. The fraction of sp³-hybridized carbons (Fsp3) is 0.333. The number of hydrogen-bond acceptors (Lipinski definition) is 4. The molecule has 1 unspecified atom stereocenters. The van der Waals surface area contributed by atoms with Gasteiger partial charge >= 0.3 is 0 Å². The lowest BCUT2D eigenvalue weighted by molar-refractivity contribution is -0.135. The third kappa shape index (κ3) is 4.09. The van der Waals surface area contributed by atoms with Gasteiger partial charge in [0.05, 0.1) is 31.5 Å². The number of rotatable bonds is 4. The van der Waals surface area contributed by atoms with E-state index in [-0.39, 0.29) is 24.3 Å². The van der Waals surface area contributed by atoms with Gasteiger partial charge in [-0.25, -0.2) is 9.40 Å². The molecule has 28 heavy (non-hydrogen) atoms. The summed E-state index contributed by atoms with van der Waals surface area (Å²) < 4.78 is 19.6. The molecule has 1 atom stereocenters. The highest BCUT2D eigenvalue weighted by molar-refractivity contribution is 6.30. The molecule has 2 aromatic carbocycles. The zero-order valence-electron chi connectivity index (χ0n) is 15.4. The van der Waals surface area contributed by atoms with Crippen LogP contribution in [-0.2, 0) is 9.53 Å². The number of hydrazone groups is 1. The Hall–Kier alpha value is -2.28. The Morgan fingerprint density at radius 2 is 1.86 bits per heavy atom. The first-order valence-electron chi connectivity index (χ1n) is 9.32. The third-order valence-electron chi connectivity index (χ3n) is 5.07. The maximum atomic E-state index is 14.3. The molecule has 0 N–H and O–H groups in total. The second-order valence-electron chi connectivity index (χ2n) is 6.92. The highest BCUT2D eigenvalue weighted by atomic mass is 35.5. The van der Waals surface area contributed by atoms with Crippen molar-refractivity contribution in [3.63, 3.8) is 0 Å². The topological polar surface area (TPSA) is 45.1 Å². The Morgan fingerprint density at radius 3 is 2.57 bits per heavy atom. The number of hydrogen-bond donors (Lipinski definition) is 0. The molecule has 1 fully saturated rings. The van der Waals surface area contributed by atoms with Crippen LogP contribution in [-0.4, -0.2) is 54.4 Å². The third-order valence-corrected chi connectivity index (χ3v) is 5.32. The van der Waals surface area contributed by atoms with Crippen molar-refractivity contribution in [1.29, 1.82) is 0 Å². The van der Waals surface area contributed by atoms with Crippen LogP contribution in [0.2, 0.25) is 5.02 Å². The molecule has 0 aliphatic carbocycles. The lowest BCUT2D eigenvalue weighted by atomic mass is 9.98. The standard InChI is InChI=1S/C21H21ClFN3O2/c22-16-7-5-15(6-8-16)20-13-19(17-3-1-2-4-18(17)23)24-26(20)21(27)14-25-9-11-28-12-10-25/h1-8,20H,9-14H2. The smallest absolute Gasteiger partial charge is 0.257 e. The molecule has 5 nitrogen and oxygen atoms in total. The van der Waals surface area contributed by atoms with Gasteiger partial charge in [0, 0.05) is 30.1 Å². The largest absolute Gasteiger partial charge is 0.379 e. The van der Waals surface area contributed by atoms with Crippen LogP contribution < -0.4 is 0 Å². The van der Waals surface area contributed by atoms with Crippen LogP contribution in [0.5, 0.6) is 0 Å². The van der Waals surface area contributed by atoms with Gasteiger partial charge in [-0.1, -0.05) is 41.9 Å². The van der Waals surface area contributed by atoms with Gasteiger partial charge in [0.2, 0.25) is 0 Å². The van der Waals surface area contributed by atoms with Crippen molar-refractivity contribution < 1.29 is 13.9 Å². The highest BCUT2D eigenvalue weighted by Crippen LogP contribution is 2.34. The van der Waals surface area contributed by atoms with E-state index < -0.39 is 0 Å². The van der Waals surface area contributed by atoms with E-state index in [9.17, 15) is 9.18 Å². The maximum Gasteiger partial charge on any atom is 0.257 e. The van der Waals surface area contributed by atoms with Crippen LogP contribution in [0.4, 0.5) is 4.39 Å². The molecule has 2 aliphatic heterocycles. The number of amides is 1. The van der Waals surface area contributed by atoms with Crippen LogP contribution in [0.25, 0.3) is 0 Å². The molecule has 2 aromatic rings. The highest BCUT2D eigenvalue weighted by Gasteiger charge is 2.34. The van der Waals surface area contributed by atoms with Crippen molar-refractivity contribution >= 4 is 23.2 Å². The minimum atomic E-state index is -0.335. The van der Waals surface area contributed by atoms with Crippen LogP contribution in [0, 0.1) is 5.82 Å². The van der Waals surface area contributed by atoms with Crippen LogP contribution in [0.1, 0.15) is 23.6 Å². The molecule has 2 heterocycles. The average molecular weight is 402 g/mol. The first-order chi connectivity index (χ1) is 13.6. The molecule has 2 aliphatic rings.